The number of benzene rings is 1. The summed E-state index contributed by atoms with van der Waals surface area (Å²) in [7, 11) is 0. The topological polar surface area (TPSA) is 58.5 Å². The summed E-state index contributed by atoms with van der Waals surface area (Å²) in [4.78, 5) is 10.4. The van der Waals surface area contributed by atoms with Crippen LogP contribution in [0.4, 0.5) is 0 Å². The third kappa shape index (κ3) is 8.04. The maximum atomic E-state index is 5.67. The summed E-state index contributed by atoms with van der Waals surface area (Å²) >= 11 is 1.76. The van der Waals surface area contributed by atoms with Gasteiger partial charge in [-0.05, 0) is 32.9 Å². The molecule has 7 heteroatoms. The van der Waals surface area contributed by atoms with Crippen molar-refractivity contribution in [3.05, 3.63) is 45.9 Å². The van der Waals surface area contributed by atoms with Crippen LogP contribution in [0, 0.1) is 13.8 Å². The molecule has 0 atom stereocenters. The molecule has 2 rings (SSSR count). The Bertz CT molecular complexity index is 646. The lowest BCUT2D eigenvalue weighted by atomic mass is 10.3. The Balaban J connectivity index is 0.00000312. The van der Waals surface area contributed by atoms with E-state index in [1.165, 1.54) is 4.88 Å². The molecule has 0 saturated carbocycles. The molecule has 1 aromatic carbocycles. The number of aliphatic imine (C=N–C) groups is 1. The fourth-order valence-electron chi connectivity index (χ4n) is 2.27. The number of guanidine groups is 1. The molecule has 1 aromatic heterocycles. The molecule has 2 N–H and O–H groups in total. The summed E-state index contributed by atoms with van der Waals surface area (Å²) in [5.41, 5.74) is 1.13. The summed E-state index contributed by atoms with van der Waals surface area (Å²) < 4.78 is 5.67. The van der Waals surface area contributed by atoms with E-state index in [0.29, 0.717) is 13.2 Å². The Morgan fingerprint density at radius 2 is 1.96 bits per heavy atom. The number of aryl methyl sites for hydroxylation is 2. The second-order valence-corrected chi connectivity index (χ2v) is 6.63. The van der Waals surface area contributed by atoms with Gasteiger partial charge in [-0.2, -0.15) is 0 Å². The van der Waals surface area contributed by atoms with Crippen LogP contribution < -0.4 is 15.4 Å². The van der Waals surface area contributed by atoms with Gasteiger partial charge in [-0.25, -0.2) is 4.98 Å². The molecule has 5 nitrogen and oxygen atoms in total. The Morgan fingerprint density at radius 3 is 2.60 bits per heavy atom. The minimum atomic E-state index is 0. The lowest BCUT2D eigenvalue weighted by molar-refractivity contribution is 0.322. The van der Waals surface area contributed by atoms with Crippen LogP contribution >= 0.6 is 35.3 Å². The lowest BCUT2D eigenvalue weighted by Gasteiger charge is -2.12. The van der Waals surface area contributed by atoms with Crippen LogP contribution in [0.25, 0.3) is 0 Å². The summed E-state index contributed by atoms with van der Waals surface area (Å²) in [6, 6.07) is 9.83. The molecule has 25 heavy (non-hydrogen) atoms. The molecule has 0 fully saturated rings. The number of rotatable bonds is 8. The first-order valence-corrected chi connectivity index (χ1v) is 9.13. The average molecular weight is 474 g/mol. The van der Waals surface area contributed by atoms with Gasteiger partial charge in [-0.1, -0.05) is 18.2 Å². The van der Waals surface area contributed by atoms with Crippen molar-refractivity contribution in [2.45, 2.75) is 27.2 Å². The molecule has 0 radical (unpaired) electrons. The second-order valence-electron chi connectivity index (χ2n) is 5.34. The Hall–Kier alpha value is -1.35. The number of aromatic nitrogens is 1. The van der Waals surface area contributed by atoms with Crippen molar-refractivity contribution < 1.29 is 4.74 Å². The summed E-state index contributed by atoms with van der Waals surface area (Å²) in [5, 5.41) is 7.68. The van der Waals surface area contributed by atoms with Crippen LogP contribution in [0.1, 0.15) is 22.5 Å². The monoisotopic (exact) mass is 474 g/mol. The molecule has 1 heterocycles. The zero-order chi connectivity index (χ0) is 17.2. The van der Waals surface area contributed by atoms with Crippen molar-refractivity contribution in [2.75, 3.05) is 26.2 Å². The third-order valence-electron chi connectivity index (χ3n) is 3.36. The molecule has 0 saturated heterocycles. The van der Waals surface area contributed by atoms with Gasteiger partial charge >= 0.3 is 0 Å². The van der Waals surface area contributed by atoms with E-state index in [9.17, 15) is 0 Å². The van der Waals surface area contributed by atoms with E-state index in [4.69, 9.17) is 4.74 Å². The number of hydrogen-bond acceptors (Lipinski definition) is 4. The van der Waals surface area contributed by atoms with E-state index >= 15 is 0 Å². The molecule has 0 aliphatic rings. The number of nitrogens with zero attached hydrogens (tertiary/aromatic N) is 2. The van der Waals surface area contributed by atoms with Gasteiger partial charge < -0.3 is 15.4 Å². The smallest absolute Gasteiger partial charge is 0.191 e. The predicted octanol–water partition coefficient (Wildman–Crippen LogP) is 3.55. The molecule has 0 amide bonds. The van der Waals surface area contributed by atoms with Crippen LogP contribution in [0.15, 0.2) is 35.3 Å². The number of hydrogen-bond donors (Lipinski definition) is 2. The molecule has 2 aromatic rings. The van der Waals surface area contributed by atoms with Gasteiger partial charge in [0.1, 0.15) is 12.4 Å². The number of halogens is 1. The highest BCUT2D eigenvalue weighted by molar-refractivity contribution is 14.0. The lowest BCUT2D eigenvalue weighted by Crippen LogP contribution is -2.39. The highest BCUT2D eigenvalue weighted by atomic mass is 127. The van der Waals surface area contributed by atoms with Crippen molar-refractivity contribution in [1.29, 1.82) is 0 Å². The van der Waals surface area contributed by atoms with Gasteiger partial charge in [-0.15, -0.1) is 35.3 Å². The molecule has 0 bridgehead atoms. The highest BCUT2D eigenvalue weighted by Crippen LogP contribution is 2.17. The molecule has 0 spiro atoms. The van der Waals surface area contributed by atoms with Crippen molar-refractivity contribution in [3.63, 3.8) is 0 Å². The highest BCUT2D eigenvalue weighted by Gasteiger charge is 2.04. The van der Waals surface area contributed by atoms with Gasteiger partial charge in [0.2, 0.25) is 0 Å². The van der Waals surface area contributed by atoms with Gasteiger partial charge in [0.25, 0.3) is 0 Å². The minimum absolute atomic E-state index is 0. The number of nitrogens with one attached hydrogen (secondary N) is 2. The first kappa shape index (κ1) is 21.7. The first-order valence-electron chi connectivity index (χ1n) is 8.32. The van der Waals surface area contributed by atoms with Gasteiger partial charge in [0, 0.05) is 24.4 Å². The van der Waals surface area contributed by atoms with Crippen molar-refractivity contribution in [2.24, 2.45) is 4.99 Å². The molecule has 0 aliphatic carbocycles. The molecule has 138 valence electrons. The quantitative estimate of drug-likeness (QED) is 0.266. The Morgan fingerprint density at radius 1 is 1.20 bits per heavy atom. The summed E-state index contributed by atoms with van der Waals surface area (Å²) in [6.45, 7) is 9.06. The summed E-state index contributed by atoms with van der Waals surface area (Å²) in [6.07, 6.45) is 0.925. The molecular formula is C18H27IN4OS. The first-order chi connectivity index (χ1) is 11.7. The van der Waals surface area contributed by atoms with Gasteiger partial charge in [0.15, 0.2) is 5.96 Å². The van der Waals surface area contributed by atoms with Gasteiger partial charge in [-0.3, -0.25) is 4.99 Å². The molecular weight excluding hydrogens is 447 g/mol. The Kier molecular flexibility index (Phi) is 10.5. The van der Waals surface area contributed by atoms with E-state index in [0.717, 1.165) is 41.9 Å². The zero-order valence-electron chi connectivity index (χ0n) is 15.0. The van der Waals surface area contributed by atoms with Gasteiger partial charge in [0.05, 0.1) is 17.2 Å². The SMILES string of the molecule is CCNC(=NCCc1sc(C)nc1C)NCCOc1ccccc1.I. The van der Waals surface area contributed by atoms with E-state index in [1.807, 2.05) is 37.3 Å². The fraction of sp³-hybridized carbons (Fsp3) is 0.444. The minimum Gasteiger partial charge on any atom is -0.492 e. The second kappa shape index (κ2) is 12.1. The van der Waals surface area contributed by atoms with E-state index in [-0.39, 0.29) is 24.0 Å². The van der Waals surface area contributed by atoms with E-state index in [1.54, 1.807) is 11.3 Å². The predicted molar refractivity (Wildman–Crippen MR) is 117 cm³/mol. The normalized spacial score (nSPS) is 10.9. The van der Waals surface area contributed by atoms with Crippen LogP contribution in [0.2, 0.25) is 0 Å². The van der Waals surface area contributed by atoms with Crippen LogP contribution in [0.3, 0.4) is 0 Å². The standard InChI is InChI=1S/C18H26N4OS.HI/c1-4-19-18(20-11-10-17-14(2)22-15(3)24-17)21-12-13-23-16-8-6-5-7-9-16;/h5-9H,4,10-13H2,1-3H3,(H2,19,20,21);1H. The average Bonchev–Trinajstić information content (AvgIpc) is 2.90. The van der Waals surface area contributed by atoms with Crippen LogP contribution in [-0.4, -0.2) is 37.2 Å². The third-order valence-corrected chi connectivity index (χ3v) is 4.49. The van der Waals surface area contributed by atoms with E-state index in [2.05, 4.69) is 34.5 Å². The molecule has 0 aliphatic heterocycles. The largest absolute Gasteiger partial charge is 0.492 e. The number of thiazole rings is 1. The molecule has 0 unspecified atom stereocenters. The van der Waals surface area contributed by atoms with Crippen molar-refractivity contribution >= 4 is 41.3 Å². The number of ether oxygens (including phenoxy) is 1. The maximum absolute atomic E-state index is 5.67. The summed E-state index contributed by atoms with van der Waals surface area (Å²) in [5.74, 6) is 1.71. The maximum Gasteiger partial charge on any atom is 0.191 e. The van der Waals surface area contributed by atoms with E-state index < -0.39 is 0 Å². The fourth-order valence-corrected chi connectivity index (χ4v) is 3.20. The van der Waals surface area contributed by atoms with Crippen LogP contribution in [-0.2, 0) is 6.42 Å². The zero-order valence-corrected chi connectivity index (χ0v) is 18.2. The number of para-hydroxylation sites is 1. The van der Waals surface area contributed by atoms with Crippen molar-refractivity contribution in [1.82, 2.24) is 15.6 Å². The van der Waals surface area contributed by atoms with Crippen LogP contribution in [0.5, 0.6) is 5.75 Å². The Labute approximate surface area is 171 Å². The van der Waals surface area contributed by atoms with Crippen molar-refractivity contribution in [3.8, 4) is 5.75 Å².